The molecule has 1 aliphatic carbocycles. The molecule has 6 nitrogen and oxygen atoms in total. The molecule has 2 unspecified atom stereocenters. The van der Waals surface area contributed by atoms with Crippen LogP contribution in [0.1, 0.15) is 89.8 Å². The molecule has 2 aromatic carbocycles. The molecular formula is C32H42N2O4. The normalized spacial score (nSPS) is 19.6. The zero-order chi connectivity index (χ0) is 27.6. The van der Waals surface area contributed by atoms with Gasteiger partial charge in [-0.15, -0.1) is 0 Å². The number of carbonyl (C=O) groups excluding carboxylic acids is 2. The first-order chi connectivity index (χ1) is 18.1. The molecule has 0 spiro atoms. The molecule has 2 fully saturated rings. The van der Waals surface area contributed by atoms with E-state index in [1.54, 1.807) is 25.7 Å². The summed E-state index contributed by atoms with van der Waals surface area (Å²) in [4.78, 5) is 25.9. The fourth-order valence-corrected chi connectivity index (χ4v) is 5.07. The third-order valence-electron chi connectivity index (χ3n) is 7.02. The first-order valence-corrected chi connectivity index (χ1v) is 13.7. The highest BCUT2D eigenvalue weighted by molar-refractivity contribution is 5.74. The van der Waals surface area contributed by atoms with E-state index in [2.05, 4.69) is 17.2 Å². The predicted octanol–water partition coefficient (Wildman–Crippen LogP) is 6.00. The highest BCUT2D eigenvalue weighted by Crippen LogP contribution is 2.29. The Balaban J connectivity index is 0.000000585. The van der Waals surface area contributed by atoms with Crippen molar-refractivity contribution in [3.05, 3.63) is 71.8 Å². The maximum atomic E-state index is 12.5. The number of carbonyl (C=O) groups is 2. The first kappa shape index (κ1) is 29.3. The molecule has 1 saturated heterocycles. The number of nitrogens with one attached hydrogen (secondary N) is 1. The molecule has 1 heterocycles. The van der Waals surface area contributed by atoms with Gasteiger partial charge in [-0.1, -0.05) is 79.6 Å². The molecule has 1 saturated carbocycles. The van der Waals surface area contributed by atoms with E-state index in [0.717, 1.165) is 36.8 Å². The second-order valence-electron chi connectivity index (χ2n) is 11.0. The summed E-state index contributed by atoms with van der Waals surface area (Å²) in [5.74, 6) is 6.55. The van der Waals surface area contributed by atoms with Gasteiger partial charge in [-0.05, 0) is 51.3 Å². The molecule has 0 radical (unpaired) electrons. The summed E-state index contributed by atoms with van der Waals surface area (Å²) in [5, 5.41) is 13.1. The van der Waals surface area contributed by atoms with Crippen LogP contribution < -0.4 is 5.32 Å². The largest absolute Gasteiger partial charge is 0.446 e. The van der Waals surface area contributed by atoms with Crippen LogP contribution in [0, 0.1) is 11.8 Å². The van der Waals surface area contributed by atoms with Crippen LogP contribution in [0.4, 0.5) is 4.79 Å². The Morgan fingerprint density at radius 2 is 1.68 bits per heavy atom. The van der Waals surface area contributed by atoms with Gasteiger partial charge in [-0.2, -0.15) is 0 Å². The number of rotatable bonds is 5. The summed E-state index contributed by atoms with van der Waals surface area (Å²) in [6.45, 7) is 7.60. The van der Waals surface area contributed by atoms with Gasteiger partial charge in [-0.25, -0.2) is 4.79 Å². The van der Waals surface area contributed by atoms with Crippen LogP contribution in [-0.4, -0.2) is 45.8 Å². The number of cyclic esters (lactones) is 1. The number of nitrogens with zero attached hydrogens (tertiary/aromatic N) is 1. The van der Waals surface area contributed by atoms with Gasteiger partial charge in [0.15, 0.2) is 0 Å². The molecule has 2 atom stereocenters. The van der Waals surface area contributed by atoms with Gasteiger partial charge in [0.1, 0.15) is 11.6 Å². The number of amides is 2. The van der Waals surface area contributed by atoms with Crippen LogP contribution in [0.25, 0.3) is 0 Å². The fraction of sp³-hybridized carbons (Fsp3) is 0.500. The van der Waals surface area contributed by atoms with Crippen LogP contribution in [0.2, 0.25) is 0 Å². The van der Waals surface area contributed by atoms with Crippen LogP contribution in [-0.2, 0) is 9.53 Å². The van der Waals surface area contributed by atoms with Crippen LogP contribution >= 0.6 is 0 Å². The molecule has 38 heavy (non-hydrogen) atoms. The van der Waals surface area contributed by atoms with Gasteiger partial charge < -0.3 is 20.1 Å². The summed E-state index contributed by atoms with van der Waals surface area (Å²) in [6.07, 6.45) is 5.68. The van der Waals surface area contributed by atoms with E-state index in [0.29, 0.717) is 19.4 Å². The molecular weight excluding hydrogens is 476 g/mol. The summed E-state index contributed by atoms with van der Waals surface area (Å²) >= 11 is 0. The number of benzene rings is 2. The van der Waals surface area contributed by atoms with Crippen molar-refractivity contribution in [2.45, 2.75) is 95.9 Å². The molecule has 2 amide bonds. The molecule has 2 N–H and O–H groups in total. The lowest BCUT2D eigenvalue weighted by molar-refractivity contribution is -0.120. The zero-order valence-electron chi connectivity index (χ0n) is 23.2. The summed E-state index contributed by atoms with van der Waals surface area (Å²) in [5.41, 5.74) is 0.629. The minimum Gasteiger partial charge on any atom is -0.446 e. The number of aliphatic hydroxyl groups is 1. The molecule has 204 valence electrons. The smallest absolute Gasteiger partial charge is 0.410 e. The van der Waals surface area contributed by atoms with Crippen LogP contribution in [0.3, 0.4) is 0 Å². The maximum Gasteiger partial charge on any atom is 0.410 e. The Morgan fingerprint density at radius 1 is 1.11 bits per heavy atom. The molecule has 1 aliphatic heterocycles. The molecule has 6 heteroatoms. The minimum absolute atomic E-state index is 0.0384. The van der Waals surface area contributed by atoms with Crippen molar-refractivity contribution in [3.63, 3.8) is 0 Å². The van der Waals surface area contributed by atoms with Crippen molar-refractivity contribution in [3.8, 4) is 11.8 Å². The average molecular weight is 519 g/mol. The molecule has 0 aromatic heterocycles. The van der Waals surface area contributed by atoms with Crippen molar-refractivity contribution in [2.75, 3.05) is 6.54 Å². The third kappa shape index (κ3) is 9.22. The second-order valence-corrected chi connectivity index (χ2v) is 11.0. The number of hydrogen-bond donors (Lipinski definition) is 2. The summed E-state index contributed by atoms with van der Waals surface area (Å²) < 4.78 is 5.56. The van der Waals surface area contributed by atoms with Crippen molar-refractivity contribution in [1.82, 2.24) is 10.2 Å². The van der Waals surface area contributed by atoms with Gasteiger partial charge in [0.25, 0.3) is 0 Å². The molecule has 2 aromatic rings. The van der Waals surface area contributed by atoms with Gasteiger partial charge in [0, 0.05) is 31.9 Å². The topological polar surface area (TPSA) is 78.9 Å². The van der Waals surface area contributed by atoms with E-state index in [9.17, 15) is 14.7 Å². The molecule has 4 rings (SSSR count). The number of hydrogen-bond acceptors (Lipinski definition) is 4. The monoisotopic (exact) mass is 518 g/mol. The van der Waals surface area contributed by atoms with Gasteiger partial charge in [-0.3, -0.25) is 4.79 Å². The fourth-order valence-electron chi connectivity index (χ4n) is 5.07. The van der Waals surface area contributed by atoms with E-state index in [1.807, 2.05) is 67.6 Å². The van der Waals surface area contributed by atoms with E-state index >= 15 is 0 Å². The van der Waals surface area contributed by atoms with Crippen molar-refractivity contribution in [2.24, 2.45) is 0 Å². The van der Waals surface area contributed by atoms with Gasteiger partial charge in [0.05, 0.1) is 11.6 Å². The molecule has 2 aliphatic rings. The highest BCUT2D eigenvalue weighted by atomic mass is 16.6. The van der Waals surface area contributed by atoms with Crippen molar-refractivity contribution in [1.29, 1.82) is 0 Å². The van der Waals surface area contributed by atoms with Crippen molar-refractivity contribution >= 4 is 12.0 Å². The van der Waals surface area contributed by atoms with Gasteiger partial charge >= 0.3 is 6.09 Å². The van der Waals surface area contributed by atoms with Gasteiger partial charge in [0.2, 0.25) is 5.91 Å². The predicted molar refractivity (Wildman–Crippen MR) is 150 cm³/mol. The Bertz CT molecular complexity index is 1060. The Labute approximate surface area is 227 Å². The van der Waals surface area contributed by atoms with E-state index in [1.165, 1.54) is 6.42 Å². The minimum atomic E-state index is -0.855. The van der Waals surface area contributed by atoms with E-state index in [4.69, 9.17) is 4.74 Å². The van der Waals surface area contributed by atoms with E-state index < -0.39 is 11.1 Å². The average Bonchev–Trinajstić information content (AvgIpc) is 2.88. The first-order valence-electron chi connectivity index (χ1n) is 13.7. The number of ether oxygens (including phenoxy) is 1. The van der Waals surface area contributed by atoms with E-state index in [-0.39, 0.29) is 24.1 Å². The SMILES string of the molecule is CC(=O)NC1(C#Cc2ccc(C(C)N3CCC(CC(C)(C)O)OC3=O)cc2)CCCCC1.c1ccccc1. The second kappa shape index (κ2) is 13.5. The standard InChI is InChI=1S/C26H36N2O4.C6H6/c1-19(28-17-13-23(32-24(28)30)18-25(3,4)31)22-10-8-21(9-11-22)12-16-26(27-20(2)29)14-6-5-7-15-26;1-2-4-6-5-3-1/h8-11,19,23,31H,5-7,13-15,17-18H2,1-4H3,(H,27,29);1-6H. The Hall–Kier alpha value is -3.30. The zero-order valence-corrected chi connectivity index (χ0v) is 23.2. The quantitative estimate of drug-likeness (QED) is 0.476. The third-order valence-corrected chi connectivity index (χ3v) is 7.02. The summed E-state index contributed by atoms with van der Waals surface area (Å²) in [6, 6.07) is 19.8. The Morgan fingerprint density at radius 3 is 2.18 bits per heavy atom. The lowest BCUT2D eigenvalue weighted by atomic mass is 9.82. The van der Waals surface area contributed by atoms with Crippen LogP contribution in [0.5, 0.6) is 0 Å². The molecule has 0 bridgehead atoms. The highest BCUT2D eigenvalue weighted by Gasteiger charge is 2.34. The lowest BCUT2D eigenvalue weighted by Crippen LogP contribution is -2.47. The van der Waals surface area contributed by atoms with Crippen molar-refractivity contribution < 1.29 is 19.4 Å². The summed E-state index contributed by atoms with van der Waals surface area (Å²) in [7, 11) is 0. The van der Waals surface area contributed by atoms with Crippen LogP contribution in [0.15, 0.2) is 60.7 Å². The Kier molecular flexibility index (Phi) is 10.4. The maximum absolute atomic E-state index is 12.5. The lowest BCUT2D eigenvalue weighted by Gasteiger charge is -2.37.